The predicted molar refractivity (Wildman–Crippen MR) is 123 cm³/mol. The maximum absolute atomic E-state index is 13.5. The summed E-state index contributed by atoms with van der Waals surface area (Å²) in [5, 5.41) is 14.5. The molecule has 3 unspecified atom stereocenters. The highest BCUT2D eigenvalue weighted by atomic mass is 16.6. The highest BCUT2D eigenvalue weighted by molar-refractivity contribution is 6.03. The van der Waals surface area contributed by atoms with Crippen molar-refractivity contribution in [2.24, 2.45) is 5.92 Å². The molecule has 1 N–H and O–H groups in total. The fourth-order valence-electron chi connectivity index (χ4n) is 4.41. The van der Waals surface area contributed by atoms with Gasteiger partial charge in [0.15, 0.2) is 5.78 Å². The fourth-order valence-corrected chi connectivity index (χ4v) is 4.41. The van der Waals surface area contributed by atoms with E-state index in [9.17, 15) is 19.7 Å². The van der Waals surface area contributed by atoms with Crippen LogP contribution in [-0.2, 0) is 4.79 Å². The van der Waals surface area contributed by atoms with Crippen LogP contribution >= 0.6 is 0 Å². The van der Waals surface area contributed by atoms with Crippen molar-refractivity contribution in [2.45, 2.75) is 25.9 Å². The summed E-state index contributed by atoms with van der Waals surface area (Å²) < 4.78 is 0. The summed E-state index contributed by atoms with van der Waals surface area (Å²) >= 11 is 0. The third kappa shape index (κ3) is 3.85. The van der Waals surface area contributed by atoms with E-state index in [0.29, 0.717) is 0 Å². The molecule has 32 heavy (non-hydrogen) atoms. The average Bonchev–Trinajstić information content (AvgIpc) is 2.80. The second kappa shape index (κ2) is 8.63. The molecule has 0 saturated carbocycles. The number of nitro benzene ring substituents is 1. The molecule has 0 aliphatic carbocycles. The number of carbonyl (C=O) groups excluding carboxylic acids is 2. The van der Waals surface area contributed by atoms with Crippen molar-refractivity contribution in [3.8, 4) is 0 Å². The van der Waals surface area contributed by atoms with Crippen LogP contribution in [0.5, 0.6) is 0 Å². The zero-order chi connectivity index (χ0) is 22.8. The van der Waals surface area contributed by atoms with Gasteiger partial charge in [-0.2, -0.15) is 0 Å². The number of hydrogen-bond donors (Lipinski definition) is 1. The van der Waals surface area contributed by atoms with Crippen molar-refractivity contribution in [2.75, 3.05) is 10.2 Å². The Morgan fingerprint density at radius 2 is 1.66 bits per heavy atom. The minimum absolute atomic E-state index is 0.133. The van der Waals surface area contributed by atoms with Gasteiger partial charge in [0.2, 0.25) is 5.91 Å². The van der Waals surface area contributed by atoms with E-state index < -0.39 is 11.0 Å². The molecule has 3 aromatic carbocycles. The van der Waals surface area contributed by atoms with Gasteiger partial charge in [-0.15, -0.1) is 0 Å². The largest absolute Gasteiger partial charge is 0.374 e. The van der Waals surface area contributed by atoms with Crippen LogP contribution in [0.1, 0.15) is 35.8 Å². The first-order valence-electron chi connectivity index (χ1n) is 10.4. The number of Topliss-reactive ketones (excluding diaryl/α,β-unsaturated/α-hetero) is 1. The smallest absolute Gasteiger partial charge is 0.270 e. The topological polar surface area (TPSA) is 92.6 Å². The quantitative estimate of drug-likeness (QED) is 0.350. The molecule has 7 nitrogen and oxygen atoms in total. The molecule has 162 valence electrons. The Kier molecular flexibility index (Phi) is 5.73. The third-order valence-corrected chi connectivity index (χ3v) is 5.89. The van der Waals surface area contributed by atoms with Gasteiger partial charge in [0.05, 0.1) is 17.0 Å². The van der Waals surface area contributed by atoms with Crippen LogP contribution in [0.3, 0.4) is 0 Å². The number of nitrogens with one attached hydrogen (secondary N) is 1. The number of rotatable bonds is 5. The Labute approximate surface area is 185 Å². The van der Waals surface area contributed by atoms with E-state index in [1.807, 2.05) is 61.5 Å². The van der Waals surface area contributed by atoms with Gasteiger partial charge < -0.3 is 10.2 Å². The molecule has 1 amide bonds. The van der Waals surface area contributed by atoms with E-state index in [-0.39, 0.29) is 34.9 Å². The normalized spacial score (nSPS) is 19.4. The lowest BCUT2D eigenvalue weighted by Gasteiger charge is -2.43. The van der Waals surface area contributed by atoms with Gasteiger partial charge in [-0.1, -0.05) is 55.5 Å². The SMILES string of the molecule is CC(=O)N(c1ccccc1)C1c2ccccc2NC(C(=O)c2cccc([N+](=O)[O-])c2)C1C. The molecule has 1 aliphatic heterocycles. The molecular weight excluding hydrogens is 406 g/mol. The highest BCUT2D eigenvalue weighted by Gasteiger charge is 2.42. The molecule has 3 atom stereocenters. The van der Waals surface area contributed by atoms with Crippen molar-refractivity contribution >= 4 is 28.8 Å². The third-order valence-electron chi connectivity index (χ3n) is 5.89. The maximum atomic E-state index is 13.5. The number of benzene rings is 3. The number of ketones is 1. The highest BCUT2D eigenvalue weighted by Crippen LogP contribution is 2.43. The standard InChI is InChI=1S/C25H23N3O4/c1-16-23(25(30)18-9-8-12-20(15-18)28(31)32)26-22-14-7-6-13-21(22)24(16)27(17(2)29)19-10-4-3-5-11-19/h3-16,23-24,26H,1-2H3. The summed E-state index contributed by atoms with van der Waals surface area (Å²) in [6, 6.07) is 21.7. The van der Waals surface area contributed by atoms with Gasteiger partial charge in [-0.25, -0.2) is 0 Å². The van der Waals surface area contributed by atoms with Crippen molar-refractivity contribution in [3.63, 3.8) is 0 Å². The van der Waals surface area contributed by atoms with Crippen LogP contribution in [0.4, 0.5) is 17.1 Å². The Morgan fingerprint density at radius 3 is 2.34 bits per heavy atom. The molecule has 0 spiro atoms. The van der Waals surface area contributed by atoms with E-state index in [2.05, 4.69) is 5.32 Å². The Morgan fingerprint density at radius 1 is 0.969 bits per heavy atom. The first-order valence-corrected chi connectivity index (χ1v) is 10.4. The number of fused-ring (bicyclic) bond motifs is 1. The molecular formula is C25H23N3O4. The molecule has 0 fully saturated rings. The van der Waals surface area contributed by atoms with Gasteiger partial charge in [0.1, 0.15) is 0 Å². The zero-order valence-corrected chi connectivity index (χ0v) is 17.8. The number of anilines is 2. The van der Waals surface area contributed by atoms with Crippen molar-refractivity contribution in [1.29, 1.82) is 0 Å². The predicted octanol–water partition coefficient (Wildman–Crippen LogP) is 5.00. The maximum Gasteiger partial charge on any atom is 0.270 e. The minimum Gasteiger partial charge on any atom is -0.374 e. The number of hydrogen-bond acceptors (Lipinski definition) is 5. The van der Waals surface area contributed by atoms with Gasteiger partial charge >= 0.3 is 0 Å². The first-order chi connectivity index (χ1) is 15.4. The average molecular weight is 429 g/mol. The van der Waals surface area contributed by atoms with E-state index in [1.165, 1.54) is 25.1 Å². The molecule has 1 heterocycles. The lowest BCUT2D eigenvalue weighted by molar-refractivity contribution is -0.384. The molecule has 4 rings (SSSR count). The van der Waals surface area contributed by atoms with Crippen LogP contribution < -0.4 is 10.2 Å². The number of amides is 1. The van der Waals surface area contributed by atoms with Crippen LogP contribution in [0, 0.1) is 16.0 Å². The monoisotopic (exact) mass is 429 g/mol. The number of carbonyl (C=O) groups is 2. The Balaban J connectivity index is 1.79. The fraction of sp³-hybridized carbons (Fsp3) is 0.200. The van der Waals surface area contributed by atoms with Gasteiger partial charge in [0, 0.05) is 41.9 Å². The van der Waals surface area contributed by atoms with Gasteiger partial charge in [0.25, 0.3) is 5.69 Å². The molecule has 3 aromatic rings. The lowest BCUT2D eigenvalue weighted by Crippen LogP contribution is -2.49. The summed E-state index contributed by atoms with van der Waals surface area (Å²) in [7, 11) is 0. The summed E-state index contributed by atoms with van der Waals surface area (Å²) in [6.07, 6.45) is 0. The molecule has 0 radical (unpaired) electrons. The number of nitrogens with zero attached hydrogens (tertiary/aromatic N) is 2. The Hall–Kier alpha value is -4.00. The van der Waals surface area contributed by atoms with Crippen molar-refractivity contribution in [1.82, 2.24) is 0 Å². The first kappa shape index (κ1) is 21.2. The zero-order valence-electron chi connectivity index (χ0n) is 17.8. The van der Waals surface area contributed by atoms with E-state index in [1.54, 1.807) is 11.0 Å². The van der Waals surface area contributed by atoms with Gasteiger partial charge in [-0.3, -0.25) is 19.7 Å². The van der Waals surface area contributed by atoms with Crippen LogP contribution in [0.15, 0.2) is 78.9 Å². The van der Waals surface area contributed by atoms with Crippen molar-refractivity contribution in [3.05, 3.63) is 100 Å². The molecule has 0 saturated heterocycles. The van der Waals surface area contributed by atoms with Crippen LogP contribution in [-0.4, -0.2) is 22.7 Å². The summed E-state index contributed by atoms with van der Waals surface area (Å²) in [6.45, 7) is 3.44. The number of para-hydroxylation sites is 2. The number of nitro groups is 1. The van der Waals surface area contributed by atoms with Gasteiger partial charge in [-0.05, 0) is 23.8 Å². The van der Waals surface area contributed by atoms with Crippen LogP contribution in [0.25, 0.3) is 0 Å². The van der Waals surface area contributed by atoms with E-state index >= 15 is 0 Å². The lowest BCUT2D eigenvalue weighted by atomic mass is 9.79. The molecule has 0 aromatic heterocycles. The number of non-ortho nitro benzene ring substituents is 1. The summed E-state index contributed by atoms with van der Waals surface area (Å²) in [5.41, 5.74) is 2.56. The second-order valence-electron chi connectivity index (χ2n) is 7.91. The van der Waals surface area contributed by atoms with Crippen molar-refractivity contribution < 1.29 is 14.5 Å². The summed E-state index contributed by atoms with van der Waals surface area (Å²) in [5.74, 6) is -0.690. The van der Waals surface area contributed by atoms with E-state index in [4.69, 9.17) is 0 Å². The molecule has 1 aliphatic rings. The summed E-state index contributed by atoms with van der Waals surface area (Å²) in [4.78, 5) is 38.7. The van der Waals surface area contributed by atoms with Crippen LogP contribution in [0.2, 0.25) is 0 Å². The second-order valence-corrected chi connectivity index (χ2v) is 7.91. The van der Waals surface area contributed by atoms with E-state index in [0.717, 1.165) is 16.9 Å². The molecule has 0 bridgehead atoms. The minimum atomic E-state index is -0.664. The molecule has 7 heteroatoms. The Bertz CT molecular complexity index is 1180.